The molecule has 0 atom stereocenters. The van der Waals surface area contributed by atoms with Gasteiger partial charge in [0.2, 0.25) is 0 Å². The lowest BCUT2D eigenvalue weighted by Crippen LogP contribution is -1.99. The zero-order valence-electron chi connectivity index (χ0n) is 9.37. The van der Waals surface area contributed by atoms with Crippen LogP contribution in [0.5, 0.6) is 0 Å². The maximum Gasteiger partial charge on any atom is 0.0699 e. The number of hydrogen-bond donors (Lipinski definition) is 1. The van der Waals surface area contributed by atoms with Crippen LogP contribution in [0.3, 0.4) is 0 Å². The van der Waals surface area contributed by atoms with E-state index in [-0.39, 0.29) is 6.61 Å². The number of aromatic nitrogens is 1. The van der Waals surface area contributed by atoms with E-state index < -0.39 is 0 Å². The Morgan fingerprint density at radius 3 is 2.31 bits per heavy atom. The molecule has 0 radical (unpaired) electrons. The summed E-state index contributed by atoms with van der Waals surface area (Å²) in [6.45, 7) is 4.20. The average molecular weight is 327 g/mol. The summed E-state index contributed by atoms with van der Waals surface area (Å²) in [4.78, 5) is 0. The summed E-state index contributed by atoms with van der Waals surface area (Å²) in [5.74, 6) is 0. The lowest BCUT2D eigenvalue weighted by molar-refractivity contribution is 0.281. The molecule has 1 heterocycles. The predicted octanol–water partition coefficient (Wildman–Crippen LogP) is 3.19. The van der Waals surface area contributed by atoms with E-state index in [2.05, 4.69) is 58.3 Å². The van der Waals surface area contributed by atoms with Crippen LogP contribution in [0.4, 0.5) is 0 Å². The van der Waals surface area contributed by atoms with Crippen molar-refractivity contribution in [2.45, 2.75) is 20.5 Å². The molecule has 1 N–H and O–H groups in total. The normalized spacial score (nSPS) is 10.8. The highest BCUT2D eigenvalue weighted by molar-refractivity contribution is 14.1. The molecule has 16 heavy (non-hydrogen) atoms. The van der Waals surface area contributed by atoms with Gasteiger partial charge < -0.3 is 9.67 Å². The van der Waals surface area contributed by atoms with E-state index in [0.29, 0.717) is 0 Å². The Bertz CT molecular complexity index is 499. The minimum absolute atomic E-state index is 0.101. The second kappa shape index (κ2) is 4.59. The minimum Gasteiger partial charge on any atom is -0.392 e. The van der Waals surface area contributed by atoms with Crippen LogP contribution in [0.2, 0.25) is 0 Å². The third-order valence-corrected chi connectivity index (χ3v) is 3.51. The monoisotopic (exact) mass is 327 g/mol. The fourth-order valence-corrected chi connectivity index (χ4v) is 2.34. The van der Waals surface area contributed by atoms with E-state index in [1.807, 2.05) is 13.0 Å². The fourth-order valence-electron chi connectivity index (χ4n) is 1.98. The van der Waals surface area contributed by atoms with Gasteiger partial charge >= 0.3 is 0 Å². The summed E-state index contributed by atoms with van der Waals surface area (Å²) in [7, 11) is 0. The Morgan fingerprint density at radius 1 is 1.19 bits per heavy atom. The largest absolute Gasteiger partial charge is 0.392 e. The predicted molar refractivity (Wildman–Crippen MR) is 73.9 cm³/mol. The van der Waals surface area contributed by atoms with Crippen molar-refractivity contribution in [2.24, 2.45) is 0 Å². The summed E-state index contributed by atoms with van der Waals surface area (Å²) < 4.78 is 3.40. The smallest absolute Gasteiger partial charge is 0.0699 e. The molecule has 0 aliphatic rings. The summed E-state index contributed by atoms with van der Waals surface area (Å²) in [5.41, 5.74) is 4.41. The molecule has 0 aliphatic heterocycles. The molecule has 3 heteroatoms. The SMILES string of the molecule is Cc1cc(CO)c(C)n1-c1ccc(I)cc1. The Balaban J connectivity index is 2.55. The highest BCUT2D eigenvalue weighted by Crippen LogP contribution is 2.21. The van der Waals surface area contributed by atoms with E-state index in [1.165, 1.54) is 3.57 Å². The fraction of sp³-hybridized carbons (Fsp3) is 0.231. The number of hydrogen-bond acceptors (Lipinski definition) is 1. The van der Waals surface area contributed by atoms with Gasteiger partial charge in [-0.3, -0.25) is 0 Å². The average Bonchev–Trinajstić information content (AvgIpc) is 2.56. The maximum absolute atomic E-state index is 9.23. The van der Waals surface area contributed by atoms with Crippen molar-refractivity contribution in [3.63, 3.8) is 0 Å². The number of aliphatic hydroxyl groups is 1. The van der Waals surface area contributed by atoms with Gasteiger partial charge in [0.25, 0.3) is 0 Å². The van der Waals surface area contributed by atoms with Gasteiger partial charge in [-0.2, -0.15) is 0 Å². The van der Waals surface area contributed by atoms with Crippen molar-refractivity contribution in [3.8, 4) is 5.69 Å². The molecule has 0 saturated carbocycles. The van der Waals surface area contributed by atoms with Crippen molar-refractivity contribution >= 4 is 22.6 Å². The van der Waals surface area contributed by atoms with Gasteiger partial charge in [0.05, 0.1) is 6.61 Å². The summed E-state index contributed by atoms with van der Waals surface area (Å²) in [6, 6.07) is 10.4. The second-order valence-corrected chi connectivity index (χ2v) is 5.11. The molecule has 2 aromatic rings. The van der Waals surface area contributed by atoms with Crippen LogP contribution in [0.25, 0.3) is 5.69 Å². The molecule has 2 nitrogen and oxygen atoms in total. The third kappa shape index (κ3) is 2.01. The molecule has 1 aromatic heterocycles. The molecule has 0 fully saturated rings. The summed E-state index contributed by atoms with van der Waals surface area (Å²) in [5, 5.41) is 9.23. The van der Waals surface area contributed by atoms with Gasteiger partial charge in [-0.1, -0.05) is 0 Å². The lowest BCUT2D eigenvalue weighted by atomic mass is 10.2. The van der Waals surface area contributed by atoms with Crippen molar-refractivity contribution in [1.82, 2.24) is 4.57 Å². The van der Waals surface area contributed by atoms with Gasteiger partial charge in [-0.15, -0.1) is 0 Å². The molecular weight excluding hydrogens is 313 g/mol. The Kier molecular flexibility index (Phi) is 3.35. The van der Waals surface area contributed by atoms with E-state index in [9.17, 15) is 5.11 Å². The van der Waals surface area contributed by atoms with Gasteiger partial charge in [-0.05, 0) is 72.3 Å². The Labute approximate surface area is 109 Å². The first-order valence-corrected chi connectivity index (χ1v) is 6.26. The number of rotatable bonds is 2. The zero-order chi connectivity index (χ0) is 11.7. The summed E-state index contributed by atoms with van der Waals surface area (Å²) >= 11 is 2.30. The van der Waals surface area contributed by atoms with Crippen molar-refractivity contribution in [3.05, 3.63) is 50.9 Å². The van der Waals surface area contributed by atoms with Crippen LogP contribution in [0.1, 0.15) is 17.0 Å². The first-order chi connectivity index (χ1) is 7.63. The van der Waals surface area contributed by atoms with Crippen LogP contribution < -0.4 is 0 Å². The number of benzene rings is 1. The standard InChI is InChI=1S/C13H14INO/c1-9-7-11(8-16)10(2)15(9)13-5-3-12(14)4-6-13/h3-7,16H,8H2,1-2H3. The van der Waals surface area contributed by atoms with Gasteiger partial charge in [0, 0.05) is 20.6 Å². The molecule has 0 bridgehead atoms. The van der Waals surface area contributed by atoms with Gasteiger partial charge in [0.15, 0.2) is 0 Å². The Hall–Kier alpha value is -0.810. The molecule has 0 spiro atoms. The number of aliphatic hydroxyl groups excluding tert-OH is 1. The number of halogens is 1. The van der Waals surface area contributed by atoms with Crippen molar-refractivity contribution in [1.29, 1.82) is 0 Å². The first kappa shape index (κ1) is 11.7. The van der Waals surface area contributed by atoms with Crippen LogP contribution in [-0.2, 0) is 6.61 Å². The van der Waals surface area contributed by atoms with Gasteiger partial charge in [0.1, 0.15) is 0 Å². The third-order valence-electron chi connectivity index (χ3n) is 2.79. The number of nitrogens with zero attached hydrogens (tertiary/aromatic N) is 1. The molecule has 0 aliphatic carbocycles. The van der Waals surface area contributed by atoms with E-state index in [1.54, 1.807) is 0 Å². The molecule has 1 aromatic carbocycles. The molecule has 2 rings (SSSR count). The van der Waals surface area contributed by atoms with E-state index in [0.717, 1.165) is 22.6 Å². The van der Waals surface area contributed by atoms with Crippen LogP contribution in [0.15, 0.2) is 30.3 Å². The molecule has 0 saturated heterocycles. The van der Waals surface area contributed by atoms with E-state index in [4.69, 9.17) is 0 Å². The number of aryl methyl sites for hydroxylation is 1. The minimum atomic E-state index is 0.101. The van der Waals surface area contributed by atoms with Crippen LogP contribution >= 0.6 is 22.6 Å². The Morgan fingerprint density at radius 2 is 1.81 bits per heavy atom. The highest BCUT2D eigenvalue weighted by atomic mass is 127. The quantitative estimate of drug-likeness (QED) is 0.842. The first-order valence-electron chi connectivity index (χ1n) is 5.18. The van der Waals surface area contributed by atoms with E-state index >= 15 is 0 Å². The highest BCUT2D eigenvalue weighted by Gasteiger charge is 2.09. The maximum atomic E-state index is 9.23. The zero-order valence-corrected chi connectivity index (χ0v) is 11.5. The molecule has 0 amide bonds. The van der Waals surface area contributed by atoms with Crippen LogP contribution in [0, 0.1) is 17.4 Å². The second-order valence-electron chi connectivity index (χ2n) is 3.87. The van der Waals surface area contributed by atoms with Crippen molar-refractivity contribution in [2.75, 3.05) is 0 Å². The molecule has 0 unspecified atom stereocenters. The lowest BCUT2D eigenvalue weighted by Gasteiger charge is -2.09. The molecule has 84 valence electrons. The van der Waals surface area contributed by atoms with Crippen LogP contribution in [-0.4, -0.2) is 9.67 Å². The molecular formula is C13H14INO. The van der Waals surface area contributed by atoms with Crippen molar-refractivity contribution < 1.29 is 5.11 Å². The topological polar surface area (TPSA) is 25.2 Å². The van der Waals surface area contributed by atoms with Gasteiger partial charge in [-0.25, -0.2) is 0 Å². The summed E-state index contributed by atoms with van der Waals surface area (Å²) in [6.07, 6.45) is 0.